The summed E-state index contributed by atoms with van der Waals surface area (Å²) in [6.07, 6.45) is 4.36. The van der Waals surface area contributed by atoms with Crippen molar-refractivity contribution in [3.63, 3.8) is 0 Å². The van der Waals surface area contributed by atoms with Crippen LogP contribution in [0.4, 0.5) is 4.79 Å². The van der Waals surface area contributed by atoms with Crippen LogP contribution in [0.25, 0.3) is 0 Å². The summed E-state index contributed by atoms with van der Waals surface area (Å²) >= 11 is 1.92. The molecule has 2 rings (SSSR count). The maximum Gasteiger partial charge on any atom is 0.315 e. The van der Waals surface area contributed by atoms with Gasteiger partial charge in [-0.1, -0.05) is 6.42 Å². The molecule has 2 saturated heterocycles. The molecule has 3 N–H and O–H groups in total. The number of unbranched alkanes of at least 4 members (excludes halogenated alkanes) is 1. The number of carbonyl (C=O) groups is 2. The van der Waals surface area contributed by atoms with Crippen molar-refractivity contribution in [3.05, 3.63) is 0 Å². The third kappa shape index (κ3) is 6.49. The zero-order chi connectivity index (χ0) is 17.2. The van der Waals surface area contributed by atoms with Crippen molar-refractivity contribution >= 4 is 23.7 Å². The Morgan fingerprint density at radius 2 is 2.12 bits per heavy atom. The average molecular weight is 359 g/mol. The van der Waals surface area contributed by atoms with Gasteiger partial charge in [-0.15, -0.1) is 0 Å². The first-order valence-corrected chi connectivity index (χ1v) is 9.77. The van der Waals surface area contributed by atoms with E-state index in [-0.39, 0.29) is 24.0 Å². The monoisotopic (exact) mass is 359 g/mol. The smallest absolute Gasteiger partial charge is 0.315 e. The fraction of sp³-hybridized carbons (Fsp3) is 0.875. The number of methoxy groups -OCH3 is 1. The molecular weight excluding hydrogens is 330 g/mol. The molecule has 2 fully saturated rings. The summed E-state index contributed by atoms with van der Waals surface area (Å²) < 4.78 is 10.2. The van der Waals surface area contributed by atoms with Gasteiger partial charge >= 0.3 is 6.03 Å². The lowest BCUT2D eigenvalue weighted by Gasteiger charge is -2.16. The summed E-state index contributed by atoms with van der Waals surface area (Å²) in [5, 5.41) is 9.34. The summed E-state index contributed by atoms with van der Waals surface area (Å²) in [5.41, 5.74) is 0. The molecular formula is C16H29N3O4S. The average Bonchev–Trinajstić information content (AvgIpc) is 3.10. The number of amides is 3. The van der Waals surface area contributed by atoms with Gasteiger partial charge in [0.1, 0.15) is 0 Å². The van der Waals surface area contributed by atoms with Crippen LogP contribution < -0.4 is 16.0 Å². The molecule has 3 unspecified atom stereocenters. The van der Waals surface area contributed by atoms with Gasteiger partial charge in [0, 0.05) is 37.7 Å². The number of hydrogen-bond acceptors (Lipinski definition) is 5. The topological polar surface area (TPSA) is 88.7 Å². The summed E-state index contributed by atoms with van der Waals surface area (Å²) in [6, 6.07) is 0.497. The third-order valence-electron chi connectivity index (χ3n) is 4.30. The number of carbonyl (C=O) groups excluding carboxylic acids is 2. The zero-order valence-corrected chi connectivity index (χ0v) is 15.2. The minimum absolute atomic E-state index is 0.0409. The Bertz CT molecular complexity index is 411. The van der Waals surface area contributed by atoms with Crippen LogP contribution in [-0.4, -0.2) is 68.5 Å². The van der Waals surface area contributed by atoms with E-state index >= 15 is 0 Å². The molecule has 0 aromatic rings. The van der Waals surface area contributed by atoms with E-state index in [1.54, 1.807) is 7.11 Å². The first kappa shape index (κ1) is 19.3. The molecule has 8 heteroatoms. The number of fused-ring (bicyclic) bond motifs is 1. The molecule has 2 heterocycles. The minimum atomic E-state index is -0.0409. The highest BCUT2D eigenvalue weighted by Crippen LogP contribution is 2.33. The normalized spacial score (nSPS) is 25.2. The van der Waals surface area contributed by atoms with Gasteiger partial charge in [0.05, 0.1) is 25.3 Å². The maximum atomic E-state index is 11.8. The SMILES string of the molecule is COCCOCCCNC(=O)CCCCC1SCC2NC(=O)NC21. The molecule has 0 aromatic carbocycles. The van der Waals surface area contributed by atoms with E-state index in [1.165, 1.54) is 0 Å². The predicted octanol–water partition coefficient (Wildman–Crippen LogP) is 0.882. The second kappa shape index (κ2) is 10.8. The number of rotatable bonds is 12. The van der Waals surface area contributed by atoms with E-state index in [0.717, 1.165) is 31.4 Å². The van der Waals surface area contributed by atoms with Crippen LogP contribution in [0.15, 0.2) is 0 Å². The van der Waals surface area contributed by atoms with Crippen LogP contribution in [0.1, 0.15) is 32.1 Å². The molecule has 24 heavy (non-hydrogen) atoms. The van der Waals surface area contributed by atoms with Gasteiger partial charge < -0.3 is 25.4 Å². The maximum absolute atomic E-state index is 11.8. The van der Waals surface area contributed by atoms with Gasteiger partial charge in [0.2, 0.25) is 5.91 Å². The fourth-order valence-electron chi connectivity index (χ4n) is 3.01. The Morgan fingerprint density at radius 3 is 2.96 bits per heavy atom. The van der Waals surface area contributed by atoms with E-state index in [4.69, 9.17) is 9.47 Å². The highest BCUT2D eigenvalue weighted by Gasteiger charge is 2.42. The first-order chi connectivity index (χ1) is 11.7. The van der Waals surface area contributed by atoms with Crippen molar-refractivity contribution in [2.45, 2.75) is 49.4 Å². The first-order valence-electron chi connectivity index (χ1n) is 8.72. The van der Waals surface area contributed by atoms with E-state index in [2.05, 4.69) is 16.0 Å². The van der Waals surface area contributed by atoms with Crippen LogP contribution in [-0.2, 0) is 14.3 Å². The van der Waals surface area contributed by atoms with Gasteiger partial charge in [-0.25, -0.2) is 4.79 Å². The van der Waals surface area contributed by atoms with Crippen LogP contribution in [0, 0.1) is 0 Å². The Kier molecular flexibility index (Phi) is 8.69. The molecule has 3 atom stereocenters. The van der Waals surface area contributed by atoms with Crippen molar-refractivity contribution in [2.75, 3.05) is 39.2 Å². The Hall–Kier alpha value is -0.990. The summed E-state index contributed by atoms with van der Waals surface area (Å²) in [7, 11) is 1.65. The number of nitrogens with one attached hydrogen (secondary N) is 3. The summed E-state index contributed by atoms with van der Waals surface area (Å²) in [5.74, 6) is 1.10. The van der Waals surface area contributed by atoms with Crippen molar-refractivity contribution < 1.29 is 19.1 Å². The third-order valence-corrected chi connectivity index (χ3v) is 5.81. The summed E-state index contributed by atoms with van der Waals surface area (Å²) in [4.78, 5) is 23.1. The Balaban J connectivity index is 1.43. The van der Waals surface area contributed by atoms with Gasteiger partial charge in [-0.05, 0) is 19.3 Å². The van der Waals surface area contributed by atoms with Crippen LogP contribution >= 0.6 is 11.8 Å². The Morgan fingerprint density at radius 1 is 1.25 bits per heavy atom. The number of ether oxygens (including phenoxy) is 2. The number of hydrogen-bond donors (Lipinski definition) is 3. The highest BCUT2D eigenvalue weighted by atomic mass is 32.2. The van der Waals surface area contributed by atoms with E-state index in [9.17, 15) is 9.59 Å². The second-order valence-electron chi connectivity index (χ2n) is 6.18. The predicted molar refractivity (Wildman–Crippen MR) is 94.3 cm³/mol. The minimum Gasteiger partial charge on any atom is -0.382 e. The Labute approximate surface area is 148 Å². The van der Waals surface area contributed by atoms with Crippen molar-refractivity contribution in [1.29, 1.82) is 0 Å². The van der Waals surface area contributed by atoms with Crippen molar-refractivity contribution in [3.8, 4) is 0 Å². The fourth-order valence-corrected chi connectivity index (χ4v) is 4.55. The van der Waals surface area contributed by atoms with Crippen LogP contribution in [0.5, 0.6) is 0 Å². The van der Waals surface area contributed by atoms with E-state index in [0.29, 0.717) is 38.0 Å². The molecule has 0 radical (unpaired) electrons. The second-order valence-corrected chi connectivity index (χ2v) is 7.45. The van der Waals surface area contributed by atoms with Gasteiger partial charge in [-0.3, -0.25) is 4.79 Å². The largest absolute Gasteiger partial charge is 0.382 e. The van der Waals surface area contributed by atoms with Gasteiger partial charge in [0.15, 0.2) is 0 Å². The van der Waals surface area contributed by atoms with E-state index < -0.39 is 0 Å². The molecule has 7 nitrogen and oxygen atoms in total. The molecule has 3 amide bonds. The van der Waals surface area contributed by atoms with E-state index in [1.807, 2.05) is 11.8 Å². The highest BCUT2D eigenvalue weighted by molar-refractivity contribution is 8.00. The zero-order valence-electron chi connectivity index (χ0n) is 14.3. The molecule has 0 aliphatic carbocycles. The molecule has 0 spiro atoms. The lowest BCUT2D eigenvalue weighted by atomic mass is 10.0. The lowest BCUT2D eigenvalue weighted by molar-refractivity contribution is -0.121. The number of thioether (sulfide) groups is 1. The molecule has 2 aliphatic rings. The molecule has 0 aromatic heterocycles. The van der Waals surface area contributed by atoms with Crippen LogP contribution in [0.3, 0.4) is 0 Å². The van der Waals surface area contributed by atoms with Gasteiger partial charge in [-0.2, -0.15) is 11.8 Å². The van der Waals surface area contributed by atoms with Crippen molar-refractivity contribution in [2.24, 2.45) is 0 Å². The number of urea groups is 1. The van der Waals surface area contributed by atoms with Crippen LogP contribution in [0.2, 0.25) is 0 Å². The van der Waals surface area contributed by atoms with Gasteiger partial charge in [0.25, 0.3) is 0 Å². The molecule has 138 valence electrons. The quantitative estimate of drug-likeness (QED) is 0.356. The summed E-state index contributed by atoms with van der Waals surface area (Å²) in [6.45, 7) is 2.50. The molecule has 0 bridgehead atoms. The molecule has 0 saturated carbocycles. The molecule has 2 aliphatic heterocycles. The van der Waals surface area contributed by atoms with Crippen molar-refractivity contribution in [1.82, 2.24) is 16.0 Å². The lowest BCUT2D eigenvalue weighted by Crippen LogP contribution is -2.36. The standard InChI is InChI=1S/C16H29N3O4S/c1-22-9-10-23-8-4-7-17-14(20)6-3-2-5-13-15-12(11-24-13)18-16(21)19-15/h12-13,15H,2-11H2,1H3,(H,17,20)(H2,18,19,21).